The fraction of sp³-hybridized carbons (Fsp3) is 0.370. The standard InChI is InChI=1S/C27H29FN4O2S/c28-22-12-10-20(11-13-22)24-26(32-16-14-31(15-17-32)23-4-2-1-3-5-23)35-27(29-24)30-25(34)21-8-6-19(18-33)7-9-21/h6-13,18,23H,1-5,14-17H2,(H,29,30,34). The van der Waals surface area contributed by atoms with Crippen LogP contribution in [0.1, 0.15) is 52.8 Å². The molecule has 0 spiro atoms. The third-order valence-electron chi connectivity index (χ3n) is 6.95. The minimum Gasteiger partial charge on any atom is -0.359 e. The van der Waals surface area contributed by atoms with Gasteiger partial charge in [-0.25, -0.2) is 9.37 Å². The third kappa shape index (κ3) is 5.44. The molecule has 2 aromatic carbocycles. The first kappa shape index (κ1) is 23.6. The van der Waals surface area contributed by atoms with Gasteiger partial charge in [-0.1, -0.05) is 42.7 Å². The van der Waals surface area contributed by atoms with E-state index in [1.807, 2.05) is 0 Å². The highest BCUT2D eigenvalue weighted by atomic mass is 32.1. The number of carbonyl (C=O) groups is 2. The molecule has 1 saturated carbocycles. The number of aromatic nitrogens is 1. The summed E-state index contributed by atoms with van der Waals surface area (Å²) in [6.45, 7) is 3.81. The molecule has 1 aliphatic carbocycles. The van der Waals surface area contributed by atoms with E-state index >= 15 is 0 Å². The molecule has 0 atom stereocenters. The maximum atomic E-state index is 13.6. The number of carbonyl (C=O) groups excluding carboxylic acids is 2. The van der Waals surface area contributed by atoms with Gasteiger partial charge in [0, 0.05) is 48.9 Å². The summed E-state index contributed by atoms with van der Waals surface area (Å²) in [7, 11) is 0. The lowest BCUT2D eigenvalue weighted by molar-refractivity contribution is 0.102. The minimum atomic E-state index is -0.293. The second-order valence-corrected chi connectivity index (χ2v) is 10.2. The molecule has 2 fully saturated rings. The van der Waals surface area contributed by atoms with Crippen molar-refractivity contribution < 1.29 is 14.0 Å². The van der Waals surface area contributed by atoms with Crippen LogP contribution >= 0.6 is 11.3 Å². The molecule has 1 aliphatic heterocycles. The molecule has 2 aliphatic rings. The number of nitrogens with one attached hydrogen (secondary N) is 1. The summed E-state index contributed by atoms with van der Waals surface area (Å²) in [5, 5.41) is 4.40. The smallest absolute Gasteiger partial charge is 0.257 e. The monoisotopic (exact) mass is 492 g/mol. The molecule has 5 rings (SSSR count). The molecule has 0 unspecified atom stereocenters. The van der Waals surface area contributed by atoms with Crippen LogP contribution in [-0.2, 0) is 0 Å². The highest BCUT2D eigenvalue weighted by Gasteiger charge is 2.28. The van der Waals surface area contributed by atoms with Crippen molar-refractivity contribution in [2.24, 2.45) is 0 Å². The van der Waals surface area contributed by atoms with Gasteiger partial charge in [0.1, 0.15) is 22.8 Å². The van der Waals surface area contributed by atoms with Gasteiger partial charge in [-0.2, -0.15) is 0 Å². The number of thiazole rings is 1. The van der Waals surface area contributed by atoms with E-state index in [4.69, 9.17) is 4.98 Å². The van der Waals surface area contributed by atoms with Gasteiger partial charge in [-0.05, 0) is 49.2 Å². The SMILES string of the molecule is O=Cc1ccc(C(=O)Nc2nc(-c3ccc(F)cc3)c(N3CCN(C4CCCCC4)CC3)s2)cc1. The Bertz CT molecular complexity index is 1160. The summed E-state index contributed by atoms with van der Waals surface area (Å²) in [5.41, 5.74) is 2.55. The van der Waals surface area contributed by atoms with Gasteiger partial charge in [0.25, 0.3) is 5.91 Å². The molecule has 1 amide bonds. The number of piperazine rings is 1. The van der Waals surface area contributed by atoms with E-state index in [9.17, 15) is 14.0 Å². The quantitative estimate of drug-likeness (QED) is 0.463. The number of aldehydes is 1. The average molecular weight is 493 g/mol. The zero-order chi connectivity index (χ0) is 24.2. The average Bonchev–Trinajstić information content (AvgIpc) is 3.33. The van der Waals surface area contributed by atoms with Crippen LogP contribution in [-0.4, -0.2) is 54.3 Å². The number of rotatable bonds is 6. The highest BCUT2D eigenvalue weighted by molar-refractivity contribution is 7.20. The van der Waals surface area contributed by atoms with E-state index in [-0.39, 0.29) is 11.7 Å². The summed E-state index contributed by atoms with van der Waals surface area (Å²) in [6, 6.07) is 13.5. The molecule has 1 N–H and O–H groups in total. The summed E-state index contributed by atoms with van der Waals surface area (Å²) in [4.78, 5) is 33.4. The lowest BCUT2D eigenvalue weighted by Crippen LogP contribution is -2.50. The predicted octanol–water partition coefficient (Wildman–Crippen LogP) is 5.47. The number of benzene rings is 2. The predicted molar refractivity (Wildman–Crippen MR) is 138 cm³/mol. The summed E-state index contributed by atoms with van der Waals surface area (Å²) >= 11 is 1.45. The normalized spacial score (nSPS) is 17.3. The maximum Gasteiger partial charge on any atom is 0.257 e. The molecule has 8 heteroatoms. The Labute approximate surface area is 208 Å². The van der Waals surface area contributed by atoms with E-state index in [1.54, 1.807) is 36.4 Å². The molecule has 1 aromatic heterocycles. The van der Waals surface area contributed by atoms with Crippen LogP contribution in [0, 0.1) is 5.82 Å². The summed E-state index contributed by atoms with van der Waals surface area (Å²) in [6.07, 6.45) is 7.35. The fourth-order valence-corrected chi connectivity index (χ4v) is 6.03. The molecular formula is C27H29FN4O2S. The van der Waals surface area contributed by atoms with Crippen molar-refractivity contribution in [3.05, 3.63) is 65.5 Å². The fourth-order valence-electron chi connectivity index (χ4n) is 4.99. The molecule has 35 heavy (non-hydrogen) atoms. The minimum absolute atomic E-state index is 0.282. The second kappa shape index (κ2) is 10.7. The van der Waals surface area contributed by atoms with Gasteiger partial charge in [0.05, 0.1) is 0 Å². The van der Waals surface area contributed by atoms with Crippen molar-refractivity contribution in [3.8, 4) is 11.3 Å². The Kier molecular flexibility index (Phi) is 7.20. The van der Waals surface area contributed by atoms with Gasteiger partial charge in [-0.15, -0.1) is 0 Å². The lowest BCUT2D eigenvalue weighted by atomic mass is 9.94. The topological polar surface area (TPSA) is 65.5 Å². The zero-order valence-corrected chi connectivity index (χ0v) is 20.4. The van der Waals surface area contributed by atoms with Crippen LogP contribution in [0.4, 0.5) is 14.5 Å². The Morgan fingerprint density at radius 3 is 2.31 bits per heavy atom. The number of anilines is 2. The van der Waals surface area contributed by atoms with E-state index in [2.05, 4.69) is 15.1 Å². The third-order valence-corrected chi connectivity index (χ3v) is 7.98. The van der Waals surface area contributed by atoms with Crippen molar-refractivity contribution in [2.45, 2.75) is 38.1 Å². The van der Waals surface area contributed by atoms with Gasteiger partial charge in [0.2, 0.25) is 0 Å². The molecule has 182 valence electrons. The highest BCUT2D eigenvalue weighted by Crippen LogP contribution is 2.39. The van der Waals surface area contributed by atoms with Gasteiger partial charge in [-0.3, -0.25) is 19.8 Å². The van der Waals surface area contributed by atoms with Gasteiger partial charge in [0.15, 0.2) is 5.13 Å². The number of halogens is 1. The van der Waals surface area contributed by atoms with Crippen molar-refractivity contribution in [3.63, 3.8) is 0 Å². The van der Waals surface area contributed by atoms with Crippen molar-refractivity contribution >= 4 is 33.7 Å². The number of hydrogen-bond acceptors (Lipinski definition) is 6. The van der Waals surface area contributed by atoms with Crippen LogP contribution in [0.15, 0.2) is 48.5 Å². The first-order chi connectivity index (χ1) is 17.1. The zero-order valence-electron chi connectivity index (χ0n) is 19.6. The second-order valence-electron chi connectivity index (χ2n) is 9.19. The van der Waals surface area contributed by atoms with Gasteiger partial charge < -0.3 is 4.90 Å². The molecule has 3 aromatic rings. The Balaban J connectivity index is 1.36. The number of amides is 1. The first-order valence-electron chi connectivity index (χ1n) is 12.2. The maximum absolute atomic E-state index is 13.6. The number of hydrogen-bond donors (Lipinski definition) is 1. The molecule has 1 saturated heterocycles. The van der Waals surface area contributed by atoms with Crippen LogP contribution in [0.5, 0.6) is 0 Å². The molecule has 2 heterocycles. The number of nitrogens with zero attached hydrogens (tertiary/aromatic N) is 3. The Morgan fingerprint density at radius 2 is 1.66 bits per heavy atom. The van der Waals surface area contributed by atoms with Crippen molar-refractivity contribution in [2.75, 3.05) is 36.4 Å². The lowest BCUT2D eigenvalue weighted by Gasteiger charge is -2.41. The van der Waals surface area contributed by atoms with E-state index < -0.39 is 0 Å². The summed E-state index contributed by atoms with van der Waals surface area (Å²) < 4.78 is 13.6. The van der Waals surface area contributed by atoms with Crippen LogP contribution < -0.4 is 10.2 Å². The largest absolute Gasteiger partial charge is 0.359 e. The molecule has 0 bridgehead atoms. The van der Waals surface area contributed by atoms with Crippen LogP contribution in [0.25, 0.3) is 11.3 Å². The van der Waals surface area contributed by atoms with Crippen molar-refractivity contribution in [1.29, 1.82) is 0 Å². The van der Waals surface area contributed by atoms with E-state index in [1.165, 1.54) is 55.6 Å². The Morgan fingerprint density at radius 1 is 0.971 bits per heavy atom. The van der Waals surface area contributed by atoms with E-state index in [0.717, 1.165) is 48.7 Å². The molecule has 6 nitrogen and oxygen atoms in total. The molecular weight excluding hydrogens is 463 g/mol. The molecule has 0 radical (unpaired) electrons. The van der Waals surface area contributed by atoms with Gasteiger partial charge >= 0.3 is 0 Å². The first-order valence-corrected chi connectivity index (χ1v) is 13.0. The van der Waals surface area contributed by atoms with Crippen LogP contribution in [0.2, 0.25) is 0 Å². The Hall–Kier alpha value is -3.10. The van der Waals surface area contributed by atoms with E-state index in [0.29, 0.717) is 22.3 Å². The van der Waals surface area contributed by atoms with Crippen molar-refractivity contribution in [1.82, 2.24) is 9.88 Å². The summed E-state index contributed by atoms with van der Waals surface area (Å²) in [5.74, 6) is -0.575. The van der Waals surface area contributed by atoms with Crippen LogP contribution in [0.3, 0.4) is 0 Å².